The summed E-state index contributed by atoms with van der Waals surface area (Å²) in [5, 5.41) is 3.40. The first-order valence-corrected chi connectivity index (χ1v) is 6.77. The van der Waals surface area contributed by atoms with Crippen molar-refractivity contribution in [2.75, 3.05) is 6.54 Å². The van der Waals surface area contributed by atoms with Gasteiger partial charge in [-0.05, 0) is 50.2 Å². The van der Waals surface area contributed by atoms with E-state index in [9.17, 15) is 0 Å². The number of nitrogens with one attached hydrogen (secondary N) is 1. The highest BCUT2D eigenvalue weighted by molar-refractivity contribution is 5.34. The largest absolute Gasteiger partial charge is 0.457 e. The van der Waals surface area contributed by atoms with Crippen molar-refractivity contribution in [3.05, 3.63) is 59.7 Å². The summed E-state index contributed by atoms with van der Waals surface area (Å²) < 4.78 is 5.81. The van der Waals surface area contributed by atoms with Gasteiger partial charge in [-0.15, -0.1) is 0 Å². The Morgan fingerprint density at radius 1 is 0.947 bits per heavy atom. The molecule has 1 unspecified atom stereocenters. The molecule has 0 aliphatic heterocycles. The van der Waals surface area contributed by atoms with Gasteiger partial charge in [-0.1, -0.05) is 36.8 Å². The minimum atomic E-state index is 0.374. The monoisotopic (exact) mass is 255 g/mol. The second-order valence-corrected chi connectivity index (χ2v) is 4.76. The van der Waals surface area contributed by atoms with Gasteiger partial charge in [0, 0.05) is 6.04 Å². The number of rotatable bonds is 5. The van der Waals surface area contributed by atoms with E-state index in [4.69, 9.17) is 4.74 Å². The molecular formula is C17H21NO. The number of hydrogen-bond acceptors (Lipinski definition) is 2. The molecule has 0 aliphatic rings. The van der Waals surface area contributed by atoms with Gasteiger partial charge in [0.1, 0.15) is 11.5 Å². The van der Waals surface area contributed by atoms with Gasteiger partial charge in [-0.2, -0.15) is 0 Å². The first kappa shape index (κ1) is 13.6. The number of hydrogen-bond donors (Lipinski definition) is 1. The molecule has 2 heteroatoms. The Morgan fingerprint density at radius 2 is 1.47 bits per heavy atom. The molecule has 0 radical (unpaired) electrons. The molecule has 1 N–H and O–H groups in total. The van der Waals surface area contributed by atoms with E-state index < -0.39 is 0 Å². The van der Waals surface area contributed by atoms with Crippen LogP contribution < -0.4 is 10.1 Å². The lowest BCUT2D eigenvalue weighted by atomic mass is 10.1. The van der Waals surface area contributed by atoms with Crippen molar-refractivity contribution in [3.8, 4) is 11.5 Å². The molecule has 0 aromatic heterocycles. The van der Waals surface area contributed by atoms with E-state index in [1.807, 2.05) is 24.3 Å². The molecule has 0 fully saturated rings. The molecule has 0 spiro atoms. The van der Waals surface area contributed by atoms with Crippen molar-refractivity contribution in [3.63, 3.8) is 0 Å². The molecule has 19 heavy (non-hydrogen) atoms. The van der Waals surface area contributed by atoms with Crippen molar-refractivity contribution in [2.24, 2.45) is 0 Å². The van der Waals surface area contributed by atoms with Gasteiger partial charge in [0.2, 0.25) is 0 Å². The van der Waals surface area contributed by atoms with Crippen LogP contribution in [0.5, 0.6) is 11.5 Å². The predicted octanol–water partition coefficient (Wildman–Crippen LogP) is 4.46. The normalized spacial score (nSPS) is 12.2. The quantitative estimate of drug-likeness (QED) is 0.851. The second kappa shape index (κ2) is 6.39. The van der Waals surface area contributed by atoms with Crippen LogP contribution in [0, 0.1) is 6.92 Å². The average Bonchev–Trinajstić information content (AvgIpc) is 2.42. The molecular weight excluding hydrogens is 234 g/mol. The Kier molecular flexibility index (Phi) is 4.58. The molecule has 2 nitrogen and oxygen atoms in total. The van der Waals surface area contributed by atoms with Crippen LogP contribution in [0.2, 0.25) is 0 Å². The molecule has 0 bridgehead atoms. The zero-order valence-corrected chi connectivity index (χ0v) is 11.8. The molecule has 1 atom stereocenters. The van der Waals surface area contributed by atoms with E-state index in [0.717, 1.165) is 18.0 Å². The molecule has 0 amide bonds. The lowest BCUT2D eigenvalue weighted by Crippen LogP contribution is -2.17. The fourth-order valence-corrected chi connectivity index (χ4v) is 1.99. The van der Waals surface area contributed by atoms with Crippen LogP contribution in [-0.4, -0.2) is 6.54 Å². The van der Waals surface area contributed by atoms with Gasteiger partial charge in [-0.25, -0.2) is 0 Å². The maximum absolute atomic E-state index is 5.81. The Labute approximate surface area is 115 Å². The summed E-state index contributed by atoms with van der Waals surface area (Å²) in [5.74, 6) is 1.74. The molecule has 0 saturated heterocycles. The average molecular weight is 255 g/mol. The third-order valence-corrected chi connectivity index (χ3v) is 3.15. The van der Waals surface area contributed by atoms with E-state index in [2.05, 4.69) is 50.4 Å². The standard InChI is InChI=1S/C17H21NO/c1-4-18-14(3)15-7-11-17(12-8-15)19-16-9-5-13(2)6-10-16/h5-12,14,18H,4H2,1-3H3. The summed E-state index contributed by atoms with van der Waals surface area (Å²) in [7, 11) is 0. The van der Waals surface area contributed by atoms with Gasteiger partial charge in [0.05, 0.1) is 0 Å². The van der Waals surface area contributed by atoms with Crippen LogP contribution in [0.1, 0.15) is 31.0 Å². The van der Waals surface area contributed by atoms with E-state index in [-0.39, 0.29) is 0 Å². The molecule has 100 valence electrons. The van der Waals surface area contributed by atoms with E-state index in [0.29, 0.717) is 6.04 Å². The van der Waals surface area contributed by atoms with Crippen LogP contribution in [0.4, 0.5) is 0 Å². The topological polar surface area (TPSA) is 21.3 Å². The smallest absolute Gasteiger partial charge is 0.127 e. The first-order valence-electron chi connectivity index (χ1n) is 6.77. The van der Waals surface area contributed by atoms with Crippen molar-refractivity contribution >= 4 is 0 Å². The van der Waals surface area contributed by atoms with Gasteiger partial charge < -0.3 is 10.1 Å². The lowest BCUT2D eigenvalue weighted by Gasteiger charge is -2.13. The fourth-order valence-electron chi connectivity index (χ4n) is 1.99. The van der Waals surface area contributed by atoms with Gasteiger partial charge in [0.25, 0.3) is 0 Å². The highest BCUT2D eigenvalue weighted by Crippen LogP contribution is 2.23. The van der Waals surface area contributed by atoms with Crippen molar-refractivity contribution < 1.29 is 4.74 Å². The molecule has 2 aromatic carbocycles. The van der Waals surface area contributed by atoms with Crippen LogP contribution in [0.15, 0.2) is 48.5 Å². The van der Waals surface area contributed by atoms with Gasteiger partial charge in [-0.3, -0.25) is 0 Å². The van der Waals surface area contributed by atoms with Crippen LogP contribution in [0.3, 0.4) is 0 Å². The molecule has 2 aromatic rings. The van der Waals surface area contributed by atoms with Crippen molar-refractivity contribution in [1.82, 2.24) is 5.32 Å². The SMILES string of the molecule is CCNC(C)c1ccc(Oc2ccc(C)cc2)cc1. The molecule has 0 saturated carbocycles. The molecule has 2 rings (SSSR count). The Hall–Kier alpha value is -1.80. The second-order valence-electron chi connectivity index (χ2n) is 4.76. The van der Waals surface area contributed by atoms with E-state index in [1.54, 1.807) is 0 Å². The summed E-state index contributed by atoms with van der Waals surface area (Å²) in [6, 6.07) is 16.7. The van der Waals surface area contributed by atoms with E-state index in [1.165, 1.54) is 11.1 Å². The Balaban J connectivity index is 2.04. The fraction of sp³-hybridized carbons (Fsp3) is 0.294. The third-order valence-electron chi connectivity index (χ3n) is 3.15. The summed E-state index contributed by atoms with van der Waals surface area (Å²) in [6.45, 7) is 7.33. The Morgan fingerprint density at radius 3 is 2.00 bits per heavy atom. The van der Waals surface area contributed by atoms with Gasteiger partial charge >= 0.3 is 0 Å². The zero-order valence-electron chi connectivity index (χ0n) is 11.8. The van der Waals surface area contributed by atoms with Gasteiger partial charge in [0.15, 0.2) is 0 Å². The molecule has 0 aliphatic carbocycles. The summed E-state index contributed by atoms with van der Waals surface area (Å²) in [4.78, 5) is 0. The van der Waals surface area contributed by atoms with Crippen molar-refractivity contribution in [1.29, 1.82) is 0 Å². The van der Waals surface area contributed by atoms with Crippen LogP contribution in [0.25, 0.3) is 0 Å². The summed E-state index contributed by atoms with van der Waals surface area (Å²) in [5.41, 5.74) is 2.51. The molecule has 0 heterocycles. The number of benzene rings is 2. The van der Waals surface area contributed by atoms with Crippen molar-refractivity contribution in [2.45, 2.75) is 26.8 Å². The minimum Gasteiger partial charge on any atom is -0.457 e. The summed E-state index contributed by atoms with van der Waals surface area (Å²) in [6.07, 6.45) is 0. The lowest BCUT2D eigenvalue weighted by molar-refractivity contribution is 0.481. The number of ether oxygens (including phenoxy) is 1. The Bertz CT molecular complexity index is 502. The van der Waals surface area contributed by atoms with Crippen LogP contribution in [-0.2, 0) is 0 Å². The predicted molar refractivity (Wildman–Crippen MR) is 79.8 cm³/mol. The highest BCUT2D eigenvalue weighted by atomic mass is 16.5. The summed E-state index contributed by atoms with van der Waals surface area (Å²) >= 11 is 0. The third kappa shape index (κ3) is 3.83. The van der Waals surface area contributed by atoms with E-state index >= 15 is 0 Å². The first-order chi connectivity index (χ1) is 9.19. The maximum atomic E-state index is 5.81. The number of aryl methyl sites for hydroxylation is 1. The highest BCUT2D eigenvalue weighted by Gasteiger charge is 2.03. The minimum absolute atomic E-state index is 0.374. The van der Waals surface area contributed by atoms with Crippen LogP contribution >= 0.6 is 0 Å². The maximum Gasteiger partial charge on any atom is 0.127 e. The zero-order chi connectivity index (χ0) is 13.7.